The van der Waals surface area contributed by atoms with Crippen LogP contribution >= 0.6 is 0 Å². The van der Waals surface area contributed by atoms with Crippen molar-refractivity contribution in [2.75, 3.05) is 19.6 Å². The highest BCUT2D eigenvalue weighted by molar-refractivity contribution is 5.88. The third-order valence-corrected chi connectivity index (χ3v) is 3.89. The number of likely N-dealkylation sites (N-methyl/N-ethyl adjacent to an activating group) is 1. The number of nitrogens with one attached hydrogen (secondary N) is 2. The van der Waals surface area contributed by atoms with Crippen molar-refractivity contribution in [3.8, 4) is 0 Å². The summed E-state index contributed by atoms with van der Waals surface area (Å²) in [5.41, 5.74) is 2.72. The number of rotatable bonds is 8. The van der Waals surface area contributed by atoms with Crippen molar-refractivity contribution in [3.05, 3.63) is 48.2 Å². The number of carboxylic acids is 2. The lowest BCUT2D eigenvalue weighted by Crippen LogP contribution is -3.11. The second-order valence-electron chi connectivity index (χ2n) is 5.70. The number of para-hydroxylation sites is 1. The van der Waals surface area contributed by atoms with Crippen LogP contribution in [0.1, 0.15) is 25.8 Å². The molecular weight excluding hydrogens is 320 g/mol. The summed E-state index contributed by atoms with van der Waals surface area (Å²) in [7, 11) is 0. The number of benzene rings is 1. The molecule has 3 N–H and O–H groups in total. The summed E-state index contributed by atoms with van der Waals surface area (Å²) in [5, 5.41) is 18.6. The van der Waals surface area contributed by atoms with Crippen LogP contribution in [0.3, 0.4) is 0 Å². The molecule has 0 saturated heterocycles. The Bertz CT molecular complexity index is 690. The predicted molar refractivity (Wildman–Crippen MR) is 95.3 cm³/mol. The van der Waals surface area contributed by atoms with Gasteiger partial charge in [-0.1, -0.05) is 25.1 Å². The molecule has 1 atom stereocenters. The van der Waals surface area contributed by atoms with Gasteiger partial charge in [0, 0.05) is 29.6 Å². The molecule has 1 unspecified atom stereocenters. The van der Waals surface area contributed by atoms with Crippen LogP contribution < -0.4 is 10.0 Å². The zero-order valence-electron chi connectivity index (χ0n) is 14.7. The predicted octanol–water partition coefficient (Wildman–Crippen LogP) is 0.402. The SMILES string of the molecule is CCC[NH+](CC)CCc1c[nH]c2ccccc12.O=C([O-])/C=C/C(=O)O. The van der Waals surface area contributed by atoms with Gasteiger partial charge in [-0.05, 0) is 31.1 Å². The van der Waals surface area contributed by atoms with E-state index in [0.717, 1.165) is 0 Å². The van der Waals surface area contributed by atoms with Crippen LogP contribution in [0.2, 0.25) is 0 Å². The molecule has 1 aromatic heterocycles. The molecule has 0 bridgehead atoms. The Labute approximate surface area is 147 Å². The average Bonchev–Trinajstić information content (AvgIpc) is 3.00. The maximum atomic E-state index is 9.53. The highest BCUT2D eigenvalue weighted by Crippen LogP contribution is 2.17. The summed E-state index contributed by atoms with van der Waals surface area (Å²) in [4.78, 5) is 24.0. The summed E-state index contributed by atoms with van der Waals surface area (Å²) in [5.74, 6) is -2.80. The number of hydrogen-bond donors (Lipinski definition) is 3. The van der Waals surface area contributed by atoms with Gasteiger partial charge in [0.1, 0.15) is 0 Å². The lowest BCUT2D eigenvalue weighted by Gasteiger charge is -2.16. The van der Waals surface area contributed by atoms with E-state index in [2.05, 4.69) is 49.3 Å². The lowest BCUT2D eigenvalue weighted by molar-refractivity contribution is -0.898. The molecule has 0 amide bonds. The normalized spacial score (nSPS) is 11.9. The van der Waals surface area contributed by atoms with Crippen LogP contribution in [-0.4, -0.2) is 41.7 Å². The van der Waals surface area contributed by atoms with Gasteiger partial charge < -0.3 is 24.9 Å². The summed E-state index contributed by atoms with van der Waals surface area (Å²) in [6.45, 7) is 8.31. The van der Waals surface area contributed by atoms with E-state index < -0.39 is 11.9 Å². The van der Waals surface area contributed by atoms with Crippen molar-refractivity contribution in [3.63, 3.8) is 0 Å². The second kappa shape index (κ2) is 11.0. The number of carbonyl (C=O) groups excluding carboxylic acids is 1. The fourth-order valence-electron chi connectivity index (χ4n) is 2.62. The summed E-state index contributed by atoms with van der Waals surface area (Å²) < 4.78 is 0. The third-order valence-electron chi connectivity index (χ3n) is 3.89. The molecule has 0 radical (unpaired) electrons. The summed E-state index contributed by atoms with van der Waals surface area (Å²) >= 11 is 0. The van der Waals surface area contributed by atoms with Crippen LogP contribution in [0.5, 0.6) is 0 Å². The Hall–Kier alpha value is -2.60. The maximum Gasteiger partial charge on any atom is 0.328 e. The van der Waals surface area contributed by atoms with Crippen molar-refractivity contribution in [1.29, 1.82) is 0 Å². The Morgan fingerprint density at radius 3 is 2.48 bits per heavy atom. The van der Waals surface area contributed by atoms with Crippen molar-refractivity contribution in [2.45, 2.75) is 26.7 Å². The zero-order valence-corrected chi connectivity index (χ0v) is 14.7. The van der Waals surface area contributed by atoms with Gasteiger partial charge in [0.15, 0.2) is 0 Å². The second-order valence-corrected chi connectivity index (χ2v) is 5.70. The fourth-order valence-corrected chi connectivity index (χ4v) is 2.62. The Morgan fingerprint density at radius 1 is 1.20 bits per heavy atom. The smallest absolute Gasteiger partial charge is 0.328 e. The van der Waals surface area contributed by atoms with Gasteiger partial charge in [0.2, 0.25) is 0 Å². The number of aromatic nitrogens is 1. The molecule has 0 aliphatic heterocycles. The van der Waals surface area contributed by atoms with Crippen molar-refractivity contribution >= 4 is 22.8 Å². The molecule has 2 rings (SSSR count). The number of quaternary nitrogens is 1. The quantitative estimate of drug-likeness (QED) is 0.603. The minimum absolute atomic E-state index is 0.447. The van der Waals surface area contributed by atoms with Gasteiger partial charge in [-0.25, -0.2) is 4.79 Å². The number of aromatic amines is 1. The van der Waals surface area contributed by atoms with Crippen LogP contribution in [0, 0.1) is 0 Å². The number of hydrogen-bond acceptors (Lipinski definition) is 3. The Morgan fingerprint density at radius 2 is 1.92 bits per heavy atom. The summed E-state index contributed by atoms with van der Waals surface area (Å²) in [6.07, 6.45) is 5.56. The zero-order chi connectivity index (χ0) is 18.7. The topological polar surface area (TPSA) is 97.7 Å². The highest BCUT2D eigenvalue weighted by Gasteiger charge is 2.07. The van der Waals surface area contributed by atoms with Crippen molar-refractivity contribution < 1.29 is 24.7 Å². The Kier molecular flexibility index (Phi) is 9.03. The average molecular weight is 346 g/mol. The van der Waals surface area contributed by atoms with Gasteiger partial charge >= 0.3 is 5.97 Å². The molecule has 2 aromatic rings. The molecule has 0 aliphatic carbocycles. The number of carbonyl (C=O) groups is 2. The van der Waals surface area contributed by atoms with Gasteiger partial charge in [-0.2, -0.15) is 0 Å². The maximum absolute atomic E-state index is 9.53. The third kappa shape index (κ3) is 7.67. The van der Waals surface area contributed by atoms with E-state index in [1.165, 1.54) is 48.9 Å². The largest absolute Gasteiger partial charge is 0.545 e. The summed E-state index contributed by atoms with van der Waals surface area (Å²) in [6, 6.07) is 8.57. The molecule has 136 valence electrons. The molecular formula is C19H26N2O4. The van der Waals surface area contributed by atoms with E-state index in [1.54, 1.807) is 4.90 Å². The first-order valence-electron chi connectivity index (χ1n) is 8.48. The number of aliphatic carboxylic acids is 2. The lowest BCUT2D eigenvalue weighted by atomic mass is 10.1. The molecule has 1 heterocycles. The van der Waals surface area contributed by atoms with Crippen LogP contribution in [0.25, 0.3) is 10.9 Å². The van der Waals surface area contributed by atoms with E-state index in [4.69, 9.17) is 5.11 Å². The van der Waals surface area contributed by atoms with E-state index in [1.807, 2.05) is 0 Å². The minimum atomic E-state index is -1.51. The van der Waals surface area contributed by atoms with E-state index in [-0.39, 0.29) is 0 Å². The first kappa shape index (κ1) is 20.4. The molecule has 0 fully saturated rings. The number of carboxylic acid groups (broad SMARTS) is 2. The van der Waals surface area contributed by atoms with Gasteiger partial charge in [0.05, 0.1) is 25.6 Å². The standard InChI is InChI=1S/C15H22N2.C4H4O4/c1-3-10-17(4-2)11-9-13-12-16-15-8-6-5-7-14(13)15;5-3(6)1-2-4(7)8/h5-8,12,16H,3-4,9-11H2,1-2H3;1-2H,(H,5,6)(H,7,8)/b;2-1+. The first-order valence-corrected chi connectivity index (χ1v) is 8.48. The van der Waals surface area contributed by atoms with Crippen molar-refractivity contribution in [2.24, 2.45) is 0 Å². The number of H-pyrrole nitrogens is 1. The monoisotopic (exact) mass is 346 g/mol. The van der Waals surface area contributed by atoms with Crippen molar-refractivity contribution in [1.82, 2.24) is 4.98 Å². The van der Waals surface area contributed by atoms with Gasteiger partial charge in [-0.3, -0.25) is 0 Å². The van der Waals surface area contributed by atoms with Gasteiger partial charge in [-0.15, -0.1) is 0 Å². The molecule has 1 aromatic carbocycles. The first-order chi connectivity index (χ1) is 12.0. The highest BCUT2D eigenvalue weighted by atomic mass is 16.4. The molecule has 6 nitrogen and oxygen atoms in total. The minimum Gasteiger partial charge on any atom is -0.545 e. The number of fused-ring (bicyclic) bond motifs is 1. The fraction of sp³-hybridized carbons (Fsp3) is 0.368. The molecule has 25 heavy (non-hydrogen) atoms. The molecule has 0 spiro atoms. The van der Waals surface area contributed by atoms with Crippen LogP contribution in [0.15, 0.2) is 42.6 Å². The molecule has 6 heteroatoms. The molecule has 0 aliphatic rings. The molecule has 0 saturated carbocycles. The van der Waals surface area contributed by atoms with Crippen LogP contribution in [0.4, 0.5) is 0 Å². The van der Waals surface area contributed by atoms with Crippen LogP contribution in [-0.2, 0) is 16.0 Å². The Balaban J connectivity index is 0.000000333. The van der Waals surface area contributed by atoms with E-state index in [0.29, 0.717) is 12.2 Å². The van der Waals surface area contributed by atoms with E-state index >= 15 is 0 Å². The van der Waals surface area contributed by atoms with E-state index in [9.17, 15) is 14.7 Å². The van der Waals surface area contributed by atoms with Gasteiger partial charge in [0.25, 0.3) is 0 Å².